The molecule has 5 atom stereocenters. The number of aromatic nitrogens is 1. The average molecular weight is 580 g/mol. The molecule has 1 saturated heterocycles. The van der Waals surface area contributed by atoms with Crippen LogP contribution in [0.15, 0.2) is 36.4 Å². The van der Waals surface area contributed by atoms with E-state index in [2.05, 4.69) is 16.1 Å². The van der Waals surface area contributed by atoms with Crippen molar-refractivity contribution in [2.45, 2.75) is 78.1 Å². The van der Waals surface area contributed by atoms with E-state index in [4.69, 9.17) is 9.72 Å². The highest BCUT2D eigenvalue weighted by Crippen LogP contribution is 2.27. The van der Waals surface area contributed by atoms with Crippen LogP contribution in [-0.4, -0.2) is 70.1 Å². The molecule has 11 nitrogen and oxygen atoms in total. The van der Waals surface area contributed by atoms with E-state index in [0.717, 1.165) is 10.9 Å². The lowest BCUT2D eigenvalue weighted by Crippen LogP contribution is -2.61. The number of nitrogens with one attached hydrogen (secondary N) is 3. The van der Waals surface area contributed by atoms with E-state index in [9.17, 15) is 24.3 Å². The standard InChI is InChI=1S/C31H41N5O6/c1-6-31(17-37)14-13-21-9-10-22-11-12-23(33-25(22)16-21)20(5)42-29(40)24-8-7-15-36(35-24)28(39)19(4)32-27(38)26(18(2)3)34-30(31)41/h9-14,16,18-20,24,26,35,37H,6-8,15,17H2,1-5H3,(H,32,38)(H,34,41)/b14-13+/t19-,20+,24-,26-,31?/m0/s1. The number of nitrogens with zero attached hydrogens (tertiary/aromatic N) is 2. The Hall–Kier alpha value is -3.83. The van der Waals surface area contributed by atoms with E-state index in [1.54, 1.807) is 46.8 Å². The lowest BCUT2D eigenvalue weighted by molar-refractivity contribution is -0.157. The molecule has 1 unspecified atom stereocenters. The minimum absolute atomic E-state index is 0.286. The number of benzene rings is 1. The van der Waals surface area contributed by atoms with Crippen LogP contribution in [0.3, 0.4) is 0 Å². The molecular weight excluding hydrogens is 538 g/mol. The van der Waals surface area contributed by atoms with Gasteiger partial charge in [0, 0.05) is 11.9 Å². The lowest BCUT2D eigenvalue weighted by atomic mass is 9.83. The van der Waals surface area contributed by atoms with Gasteiger partial charge in [0.25, 0.3) is 5.91 Å². The van der Waals surface area contributed by atoms with Crippen molar-refractivity contribution in [2.24, 2.45) is 11.3 Å². The fraction of sp³-hybridized carbons (Fsp3) is 0.516. The van der Waals surface area contributed by atoms with Crippen molar-refractivity contribution < 1.29 is 29.0 Å². The number of carbonyl (C=O) groups excluding carboxylic acids is 4. The van der Waals surface area contributed by atoms with Gasteiger partial charge in [-0.15, -0.1) is 0 Å². The van der Waals surface area contributed by atoms with Crippen LogP contribution in [0.1, 0.15) is 71.2 Å². The van der Waals surface area contributed by atoms with E-state index in [1.807, 2.05) is 30.3 Å². The molecule has 226 valence electrons. The van der Waals surface area contributed by atoms with Gasteiger partial charge in [-0.2, -0.15) is 0 Å². The molecule has 5 bridgehead atoms. The molecule has 4 N–H and O–H groups in total. The van der Waals surface area contributed by atoms with Crippen molar-refractivity contribution in [3.8, 4) is 0 Å². The molecule has 3 amide bonds. The number of amides is 3. The van der Waals surface area contributed by atoms with Crippen LogP contribution in [0, 0.1) is 11.3 Å². The van der Waals surface area contributed by atoms with Crippen LogP contribution in [0.25, 0.3) is 17.0 Å². The number of ether oxygens (including phenoxy) is 1. The number of carbonyl (C=O) groups is 4. The van der Waals surface area contributed by atoms with Crippen LogP contribution in [-0.2, 0) is 23.9 Å². The van der Waals surface area contributed by atoms with Gasteiger partial charge in [0.1, 0.15) is 24.2 Å². The summed E-state index contributed by atoms with van der Waals surface area (Å²) in [6.45, 7) is 8.58. The quantitative estimate of drug-likeness (QED) is 0.405. The second-order valence-electron chi connectivity index (χ2n) is 11.5. The van der Waals surface area contributed by atoms with Gasteiger partial charge in [-0.3, -0.25) is 24.2 Å². The van der Waals surface area contributed by atoms with E-state index in [1.165, 1.54) is 5.01 Å². The molecule has 0 aliphatic carbocycles. The molecule has 2 aliphatic rings. The first-order valence-electron chi connectivity index (χ1n) is 14.6. The maximum Gasteiger partial charge on any atom is 0.325 e. The van der Waals surface area contributed by atoms with E-state index in [0.29, 0.717) is 30.6 Å². The molecule has 2 aromatic rings. The minimum Gasteiger partial charge on any atom is -0.455 e. The number of pyridine rings is 1. The summed E-state index contributed by atoms with van der Waals surface area (Å²) in [5.74, 6) is -2.22. The summed E-state index contributed by atoms with van der Waals surface area (Å²) in [7, 11) is 0. The molecule has 11 heteroatoms. The molecule has 0 radical (unpaired) electrons. The van der Waals surface area contributed by atoms with E-state index >= 15 is 0 Å². The third kappa shape index (κ3) is 6.63. The molecular formula is C31H41N5O6. The molecule has 0 saturated carbocycles. The van der Waals surface area contributed by atoms with Gasteiger partial charge in [-0.1, -0.05) is 51.1 Å². The third-order valence-corrected chi connectivity index (χ3v) is 8.11. The molecule has 1 aromatic carbocycles. The number of hydrazine groups is 1. The summed E-state index contributed by atoms with van der Waals surface area (Å²) in [4.78, 5) is 58.0. The van der Waals surface area contributed by atoms with Gasteiger partial charge in [0.05, 0.1) is 23.2 Å². The van der Waals surface area contributed by atoms with Gasteiger partial charge in [-0.25, -0.2) is 10.4 Å². The monoisotopic (exact) mass is 579 g/mol. The number of hydrogen-bond donors (Lipinski definition) is 4. The van der Waals surface area contributed by atoms with E-state index < -0.39 is 59.9 Å². The highest BCUT2D eigenvalue weighted by atomic mass is 16.5. The first kappa shape index (κ1) is 31.1. The topological polar surface area (TPSA) is 150 Å². The summed E-state index contributed by atoms with van der Waals surface area (Å²) in [5.41, 5.74) is 3.69. The second kappa shape index (κ2) is 13.0. The molecule has 1 aromatic heterocycles. The summed E-state index contributed by atoms with van der Waals surface area (Å²) in [5, 5.41) is 18.1. The predicted octanol–water partition coefficient (Wildman–Crippen LogP) is 2.40. The normalized spacial score (nSPS) is 28.8. The van der Waals surface area contributed by atoms with Crippen LogP contribution in [0.2, 0.25) is 0 Å². The van der Waals surface area contributed by atoms with Crippen LogP contribution in [0.5, 0.6) is 0 Å². The summed E-state index contributed by atoms with van der Waals surface area (Å²) in [6, 6.07) is 6.75. The number of aliphatic hydroxyl groups is 1. The molecule has 1 fully saturated rings. The Bertz CT molecular complexity index is 1370. The van der Waals surface area contributed by atoms with Gasteiger partial charge in [-0.05, 0) is 56.7 Å². The summed E-state index contributed by atoms with van der Waals surface area (Å²) < 4.78 is 5.75. The van der Waals surface area contributed by atoms with Crippen molar-refractivity contribution in [3.63, 3.8) is 0 Å². The SMILES string of the molecule is CCC1(CO)/C=C/c2ccc3ccc(nc3c2)[C@@H](C)OC(=O)[C@@H]2CCCN(N2)C(=O)[C@H](C)NC(=O)[C@H](C(C)C)NC1=O. The Morgan fingerprint density at radius 2 is 1.86 bits per heavy atom. The summed E-state index contributed by atoms with van der Waals surface area (Å²) >= 11 is 0. The highest BCUT2D eigenvalue weighted by Gasteiger charge is 2.38. The number of cyclic esters (lactones) is 1. The Labute approximate surface area is 246 Å². The van der Waals surface area contributed by atoms with Crippen molar-refractivity contribution in [1.82, 2.24) is 26.1 Å². The number of aliphatic hydroxyl groups excluding tert-OH is 1. The maximum absolute atomic E-state index is 13.6. The van der Waals surface area contributed by atoms with Gasteiger partial charge >= 0.3 is 5.97 Å². The van der Waals surface area contributed by atoms with Crippen molar-refractivity contribution in [1.29, 1.82) is 0 Å². The molecule has 3 heterocycles. The van der Waals surface area contributed by atoms with Gasteiger partial charge < -0.3 is 20.5 Å². The number of hydrogen-bond acceptors (Lipinski definition) is 8. The lowest BCUT2D eigenvalue weighted by Gasteiger charge is -2.35. The smallest absolute Gasteiger partial charge is 0.325 e. The zero-order chi connectivity index (χ0) is 30.6. The van der Waals surface area contributed by atoms with Crippen LogP contribution < -0.4 is 16.1 Å². The predicted molar refractivity (Wildman–Crippen MR) is 157 cm³/mol. The van der Waals surface area contributed by atoms with Gasteiger partial charge in [0.2, 0.25) is 11.8 Å². The second-order valence-corrected chi connectivity index (χ2v) is 11.5. The third-order valence-electron chi connectivity index (χ3n) is 8.11. The van der Waals surface area contributed by atoms with Crippen molar-refractivity contribution in [3.05, 3.63) is 47.7 Å². The summed E-state index contributed by atoms with van der Waals surface area (Å²) in [6.07, 6.45) is 4.12. The Balaban J connectivity index is 1.75. The number of esters is 1. The molecule has 2 aliphatic heterocycles. The van der Waals surface area contributed by atoms with Crippen molar-refractivity contribution in [2.75, 3.05) is 13.2 Å². The first-order valence-corrected chi connectivity index (χ1v) is 14.6. The molecule has 4 rings (SSSR count). The van der Waals surface area contributed by atoms with E-state index in [-0.39, 0.29) is 12.3 Å². The zero-order valence-corrected chi connectivity index (χ0v) is 24.8. The average Bonchev–Trinajstić information content (AvgIpc) is 2.99. The fourth-order valence-corrected chi connectivity index (χ4v) is 5.18. The maximum atomic E-state index is 13.6. The molecule has 42 heavy (non-hydrogen) atoms. The fourth-order valence-electron chi connectivity index (χ4n) is 5.18. The Morgan fingerprint density at radius 1 is 1.12 bits per heavy atom. The largest absolute Gasteiger partial charge is 0.455 e. The Morgan fingerprint density at radius 3 is 2.55 bits per heavy atom. The van der Waals surface area contributed by atoms with Crippen LogP contribution >= 0.6 is 0 Å². The first-order chi connectivity index (χ1) is 20.0. The minimum atomic E-state index is -1.28. The van der Waals surface area contributed by atoms with Gasteiger partial charge in [0.15, 0.2) is 0 Å². The highest BCUT2D eigenvalue weighted by molar-refractivity contribution is 5.94. The zero-order valence-electron chi connectivity index (χ0n) is 24.8. The van der Waals surface area contributed by atoms with Crippen molar-refractivity contribution >= 4 is 40.7 Å². The molecule has 0 spiro atoms. The Kier molecular flexibility index (Phi) is 9.63. The van der Waals surface area contributed by atoms with Crippen LogP contribution in [0.4, 0.5) is 0 Å². The number of rotatable bonds is 3. The number of fused-ring (bicyclic) bond motifs is 4.